The molecule has 3 nitrogen and oxygen atoms in total. The summed E-state index contributed by atoms with van der Waals surface area (Å²) in [5.74, 6) is 0. The van der Waals surface area contributed by atoms with E-state index < -0.39 is 0 Å². The lowest BCUT2D eigenvalue weighted by Gasteiger charge is -2.13. The molecule has 0 saturated heterocycles. The van der Waals surface area contributed by atoms with E-state index in [1.54, 1.807) is 0 Å². The third kappa shape index (κ3) is 3.75. The first-order valence-electron chi connectivity index (χ1n) is 14.6. The minimum absolute atomic E-state index is 0.976. The van der Waals surface area contributed by atoms with Gasteiger partial charge in [-0.3, -0.25) is 0 Å². The summed E-state index contributed by atoms with van der Waals surface area (Å²) in [6.07, 6.45) is 0. The lowest BCUT2D eigenvalue weighted by atomic mass is 9.98. The van der Waals surface area contributed by atoms with Gasteiger partial charge in [-0.2, -0.15) is 0 Å². The van der Waals surface area contributed by atoms with Crippen molar-refractivity contribution in [2.75, 3.05) is 0 Å². The van der Waals surface area contributed by atoms with Crippen LogP contribution in [0.1, 0.15) is 0 Å². The second-order valence-corrected chi connectivity index (χ2v) is 11.0. The van der Waals surface area contributed by atoms with Crippen LogP contribution >= 0.6 is 0 Å². The van der Waals surface area contributed by atoms with Gasteiger partial charge in [0.2, 0.25) is 0 Å². The summed E-state index contributed by atoms with van der Waals surface area (Å²) in [6, 6.07) is 53.7. The predicted octanol–water partition coefficient (Wildman–Crippen LogP) is 10.4. The Morgan fingerprint density at radius 3 is 1.98 bits per heavy atom. The van der Waals surface area contributed by atoms with Crippen molar-refractivity contribution in [2.45, 2.75) is 0 Å². The lowest BCUT2D eigenvalue weighted by molar-refractivity contribution is 1.18. The SMILES string of the molecule is c1ccc(-c2nc3ccccc3c3cc4c5ccccc5n(-c5ccc(-c6ccc7ccccc7n6)cc5)c4cc23)cc1. The minimum Gasteiger partial charge on any atom is -0.309 e. The van der Waals surface area contributed by atoms with Crippen molar-refractivity contribution in [2.24, 2.45) is 0 Å². The van der Waals surface area contributed by atoms with Crippen molar-refractivity contribution in [1.29, 1.82) is 0 Å². The van der Waals surface area contributed by atoms with Gasteiger partial charge in [0.25, 0.3) is 0 Å². The number of hydrogen-bond acceptors (Lipinski definition) is 2. The molecule has 0 fully saturated rings. The maximum Gasteiger partial charge on any atom is 0.0788 e. The van der Waals surface area contributed by atoms with E-state index in [0.717, 1.165) is 50.0 Å². The average molecular weight is 548 g/mol. The van der Waals surface area contributed by atoms with Gasteiger partial charge in [-0.1, -0.05) is 103 Å². The Hall–Kier alpha value is -5.80. The Labute approximate surface area is 248 Å². The molecule has 0 spiro atoms. The van der Waals surface area contributed by atoms with Crippen LogP contribution in [-0.2, 0) is 0 Å². The fraction of sp³-hybridized carbons (Fsp3) is 0. The van der Waals surface area contributed by atoms with Crippen LogP contribution in [0.15, 0.2) is 152 Å². The summed E-state index contributed by atoms with van der Waals surface area (Å²) in [7, 11) is 0. The Morgan fingerprint density at radius 2 is 1.12 bits per heavy atom. The van der Waals surface area contributed by atoms with Crippen LogP contribution in [0.5, 0.6) is 0 Å². The number of benzene rings is 6. The van der Waals surface area contributed by atoms with Gasteiger partial charge < -0.3 is 4.57 Å². The minimum atomic E-state index is 0.976. The first-order chi connectivity index (χ1) is 21.3. The zero-order valence-corrected chi connectivity index (χ0v) is 23.3. The highest BCUT2D eigenvalue weighted by Gasteiger charge is 2.17. The molecule has 0 aliphatic heterocycles. The first kappa shape index (κ1) is 23.9. The number of pyridine rings is 2. The molecule has 0 N–H and O–H groups in total. The summed E-state index contributed by atoms with van der Waals surface area (Å²) in [5, 5.41) is 7.16. The molecule has 200 valence electrons. The number of fused-ring (bicyclic) bond motifs is 7. The summed E-state index contributed by atoms with van der Waals surface area (Å²) in [6.45, 7) is 0. The van der Waals surface area contributed by atoms with E-state index in [9.17, 15) is 0 Å². The number of rotatable bonds is 3. The Balaban J connectivity index is 1.30. The van der Waals surface area contributed by atoms with Gasteiger partial charge in [-0.15, -0.1) is 0 Å². The van der Waals surface area contributed by atoms with E-state index in [4.69, 9.17) is 9.97 Å². The van der Waals surface area contributed by atoms with E-state index >= 15 is 0 Å². The number of para-hydroxylation sites is 3. The van der Waals surface area contributed by atoms with Crippen LogP contribution in [0.2, 0.25) is 0 Å². The number of nitrogens with zero attached hydrogens (tertiary/aromatic N) is 3. The number of aromatic nitrogens is 3. The molecule has 43 heavy (non-hydrogen) atoms. The molecule has 0 bridgehead atoms. The van der Waals surface area contributed by atoms with Gasteiger partial charge in [0.05, 0.1) is 33.5 Å². The largest absolute Gasteiger partial charge is 0.309 e. The molecule has 0 unspecified atom stereocenters. The van der Waals surface area contributed by atoms with Gasteiger partial charge >= 0.3 is 0 Å². The van der Waals surface area contributed by atoms with Crippen molar-refractivity contribution >= 4 is 54.4 Å². The fourth-order valence-corrected chi connectivity index (χ4v) is 6.52. The first-order valence-corrected chi connectivity index (χ1v) is 14.6. The van der Waals surface area contributed by atoms with E-state index in [-0.39, 0.29) is 0 Å². The smallest absolute Gasteiger partial charge is 0.0788 e. The Bertz CT molecular complexity index is 2490. The van der Waals surface area contributed by atoms with E-state index in [1.807, 2.05) is 6.07 Å². The molecule has 0 aliphatic carbocycles. The highest BCUT2D eigenvalue weighted by Crippen LogP contribution is 2.40. The summed E-state index contributed by atoms with van der Waals surface area (Å²) < 4.78 is 2.38. The van der Waals surface area contributed by atoms with Crippen LogP contribution in [0.4, 0.5) is 0 Å². The summed E-state index contributed by atoms with van der Waals surface area (Å²) in [4.78, 5) is 10.1. The lowest BCUT2D eigenvalue weighted by Crippen LogP contribution is -1.95. The molecular weight excluding hydrogens is 522 g/mol. The Kier molecular flexibility index (Phi) is 5.20. The predicted molar refractivity (Wildman–Crippen MR) is 180 cm³/mol. The zero-order valence-electron chi connectivity index (χ0n) is 23.3. The third-order valence-electron chi connectivity index (χ3n) is 8.56. The van der Waals surface area contributed by atoms with Crippen molar-refractivity contribution in [3.63, 3.8) is 0 Å². The second kappa shape index (κ2) is 9.37. The molecule has 9 aromatic rings. The number of hydrogen-bond donors (Lipinski definition) is 0. The molecule has 3 heteroatoms. The third-order valence-corrected chi connectivity index (χ3v) is 8.56. The maximum atomic E-state index is 5.19. The highest BCUT2D eigenvalue weighted by atomic mass is 15.0. The normalized spacial score (nSPS) is 11.7. The van der Waals surface area contributed by atoms with Crippen LogP contribution < -0.4 is 0 Å². The molecule has 0 atom stereocenters. The second-order valence-electron chi connectivity index (χ2n) is 11.0. The van der Waals surface area contributed by atoms with Crippen LogP contribution in [0, 0.1) is 0 Å². The monoisotopic (exact) mass is 547 g/mol. The topological polar surface area (TPSA) is 30.7 Å². The fourth-order valence-electron chi connectivity index (χ4n) is 6.52. The van der Waals surface area contributed by atoms with Crippen molar-refractivity contribution in [1.82, 2.24) is 14.5 Å². The highest BCUT2D eigenvalue weighted by molar-refractivity contribution is 6.20. The molecule has 3 aromatic heterocycles. The zero-order chi connectivity index (χ0) is 28.3. The molecule has 0 radical (unpaired) electrons. The Morgan fingerprint density at radius 1 is 0.395 bits per heavy atom. The van der Waals surface area contributed by atoms with Gasteiger partial charge in [0.1, 0.15) is 0 Å². The van der Waals surface area contributed by atoms with Gasteiger partial charge in [0.15, 0.2) is 0 Å². The van der Waals surface area contributed by atoms with Crippen molar-refractivity contribution in [3.8, 4) is 28.2 Å². The van der Waals surface area contributed by atoms with E-state index in [2.05, 4.69) is 150 Å². The standard InChI is InChI=1S/C40H25N3/c1-2-11-28(12-3-1)40-34-25-39-33(24-32(34)30-13-5-8-16-37(30)42-40)31-14-6-9-17-38(31)43(39)29-21-18-27(19-22-29)36-23-20-26-10-4-7-15-35(26)41-36/h1-25H. The molecular formula is C40H25N3. The maximum absolute atomic E-state index is 5.19. The summed E-state index contributed by atoms with van der Waals surface area (Å²) in [5.41, 5.74) is 9.68. The average Bonchev–Trinajstić information content (AvgIpc) is 3.40. The van der Waals surface area contributed by atoms with Crippen molar-refractivity contribution in [3.05, 3.63) is 152 Å². The molecule has 6 aromatic carbocycles. The van der Waals surface area contributed by atoms with Crippen LogP contribution in [0.3, 0.4) is 0 Å². The van der Waals surface area contributed by atoms with Gasteiger partial charge in [0, 0.05) is 43.7 Å². The van der Waals surface area contributed by atoms with Crippen LogP contribution in [0.25, 0.3) is 82.6 Å². The quantitative estimate of drug-likeness (QED) is 0.206. The van der Waals surface area contributed by atoms with Gasteiger partial charge in [-0.25, -0.2) is 9.97 Å². The molecule has 9 rings (SSSR count). The van der Waals surface area contributed by atoms with Gasteiger partial charge in [-0.05, 0) is 53.9 Å². The van der Waals surface area contributed by atoms with E-state index in [1.165, 1.54) is 32.6 Å². The van der Waals surface area contributed by atoms with Crippen molar-refractivity contribution < 1.29 is 0 Å². The molecule has 0 saturated carbocycles. The summed E-state index contributed by atoms with van der Waals surface area (Å²) >= 11 is 0. The molecule has 0 aliphatic rings. The van der Waals surface area contributed by atoms with E-state index in [0.29, 0.717) is 0 Å². The molecule has 3 heterocycles. The molecule has 0 amide bonds. The van der Waals surface area contributed by atoms with Crippen LogP contribution in [-0.4, -0.2) is 14.5 Å².